The molecular weight excluding hydrogens is 396 g/mol. The Morgan fingerprint density at radius 3 is 2.32 bits per heavy atom. The Balaban J connectivity index is 2.27. The summed E-state index contributed by atoms with van der Waals surface area (Å²) in [6.45, 7) is 10.0. The lowest BCUT2D eigenvalue weighted by Gasteiger charge is -2.17. The largest absolute Gasteiger partial charge is 0.383 e. The first kappa shape index (κ1) is 22.7. The van der Waals surface area contributed by atoms with Crippen LogP contribution >= 0.6 is 0 Å². The maximum Gasteiger partial charge on any atom is 0.337 e. The molecule has 166 valence electrons. The van der Waals surface area contributed by atoms with Gasteiger partial charge in [-0.3, -0.25) is 14.2 Å². The third-order valence-corrected chi connectivity index (χ3v) is 5.39. The Kier molecular flexibility index (Phi) is 6.31. The van der Waals surface area contributed by atoms with Gasteiger partial charge in [0.15, 0.2) is 16.9 Å². The number of Topliss-reactive ketones (excluding diaryl/α,β-unsaturated/α-hetero) is 1. The third kappa shape index (κ3) is 4.39. The average molecular weight is 427 g/mol. The van der Waals surface area contributed by atoms with Crippen molar-refractivity contribution in [3.63, 3.8) is 0 Å². The van der Waals surface area contributed by atoms with E-state index < -0.39 is 16.7 Å². The Bertz CT molecular complexity index is 1210. The van der Waals surface area contributed by atoms with E-state index in [0.717, 1.165) is 10.1 Å². The number of ketones is 1. The minimum atomic E-state index is -0.563. The van der Waals surface area contributed by atoms with E-state index in [4.69, 9.17) is 4.74 Å². The van der Waals surface area contributed by atoms with Crippen LogP contribution in [0.3, 0.4) is 0 Å². The number of imidazole rings is 1. The molecule has 31 heavy (non-hydrogen) atoms. The molecule has 0 fully saturated rings. The van der Waals surface area contributed by atoms with Gasteiger partial charge in [0.1, 0.15) is 0 Å². The van der Waals surface area contributed by atoms with E-state index in [1.165, 1.54) is 22.6 Å². The summed E-state index contributed by atoms with van der Waals surface area (Å²) in [6.07, 6.45) is 1.45. The van der Waals surface area contributed by atoms with Crippen molar-refractivity contribution in [2.45, 2.75) is 53.6 Å². The van der Waals surface area contributed by atoms with Crippen LogP contribution in [0, 0.1) is 5.41 Å². The molecule has 8 nitrogen and oxygen atoms in total. The highest BCUT2D eigenvalue weighted by atomic mass is 16.5. The molecule has 0 N–H and O–H groups in total. The predicted octanol–water partition coefficient (Wildman–Crippen LogP) is 2.73. The molecule has 0 saturated heterocycles. The Morgan fingerprint density at radius 2 is 1.77 bits per heavy atom. The molecule has 2 aromatic heterocycles. The number of hydrogen-bond donors (Lipinski definition) is 0. The van der Waals surface area contributed by atoms with Gasteiger partial charge in [-0.2, -0.15) is 0 Å². The molecule has 0 unspecified atom stereocenters. The number of carbonyl (C=O) groups is 1. The molecule has 8 heteroatoms. The summed E-state index contributed by atoms with van der Waals surface area (Å²) in [5, 5.41) is 0. The van der Waals surface area contributed by atoms with Crippen LogP contribution in [0.2, 0.25) is 0 Å². The van der Waals surface area contributed by atoms with Gasteiger partial charge in [-0.05, 0) is 23.6 Å². The van der Waals surface area contributed by atoms with Crippen LogP contribution in [0.15, 0.2) is 40.2 Å². The molecule has 0 atom stereocenters. The molecule has 0 aliphatic heterocycles. The van der Waals surface area contributed by atoms with E-state index in [9.17, 15) is 14.4 Å². The molecule has 0 aliphatic carbocycles. The molecule has 0 saturated carbocycles. The number of fused-ring (bicyclic) bond motifs is 1. The van der Waals surface area contributed by atoms with Crippen molar-refractivity contribution in [3.8, 4) is 5.69 Å². The highest BCUT2D eigenvalue weighted by Gasteiger charge is 2.25. The zero-order chi connectivity index (χ0) is 22.9. The lowest BCUT2D eigenvalue weighted by Crippen LogP contribution is -2.41. The second-order valence-electron chi connectivity index (χ2n) is 9.03. The van der Waals surface area contributed by atoms with Gasteiger partial charge in [0, 0.05) is 12.5 Å². The number of ether oxygens (including phenoxy) is 1. The molecular formula is C23H30N4O4. The third-order valence-electron chi connectivity index (χ3n) is 5.39. The van der Waals surface area contributed by atoms with Crippen LogP contribution in [0.1, 0.15) is 46.1 Å². The fourth-order valence-corrected chi connectivity index (χ4v) is 3.31. The zero-order valence-corrected chi connectivity index (χ0v) is 19.0. The highest BCUT2D eigenvalue weighted by molar-refractivity contribution is 5.85. The molecule has 0 bridgehead atoms. The predicted molar refractivity (Wildman–Crippen MR) is 120 cm³/mol. The van der Waals surface area contributed by atoms with Crippen LogP contribution in [-0.2, 0) is 22.6 Å². The van der Waals surface area contributed by atoms with Crippen molar-refractivity contribution < 1.29 is 9.53 Å². The monoisotopic (exact) mass is 426 g/mol. The van der Waals surface area contributed by atoms with E-state index in [-0.39, 0.29) is 36.6 Å². The van der Waals surface area contributed by atoms with E-state index in [2.05, 4.69) is 18.8 Å². The summed E-state index contributed by atoms with van der Waals surface area (Å²) >= 11 is 0. The minimum absolute atomic E-state index is 0.00398. The number of nitrogens with zero attached hydrogens (tertiary/aromatic N) is 4. The van der Waals surface area contributed by atoms with E-state index in [1.54, 1.807) is 0 Å². The topological polar surface area (TPSA) is 88.1 Å². The lowest BCUT2D eigenvalue weighted by atomic mass is 9.91. The second kappa shape index (κ2) is 8.63. The molecule has 0 aliphatic rings. The Morgan fingerprint density at radius 1 is 1.13 bits per heavy atom. The summed E-state index contributed by atoms with van der Waals surface area (Å²) < 4.78 is 9.19. The van der Waals surface area contributed by atoms with Crippen molar-refractivity contribution in [2.24, 2.45) is 5.41 Å². The second-order valence-corrected chi connectivity index (χ2v) is 9.03. The van der Waals surface area contributed by atoms with E-state index in [0.29, 0.717) is 11.6 Å². The van der Waals surface area contributed by atoms with Crippen molar-refractivity contribution in [2.75, 3.05) is 13.7 Å². The summed E-state index contributed by atoms with van der Waals surface area (Å²) in [4.78, 5) is 43.5. The average Bonchev–Trinajstić information content (AvgIpc) is 3.11. The molecule has 3 aromatic rings. The summed E-state index contributed by atoms with van der Waals surface area (Å²) in [5.41, 5.74) is 0.682. The smallest absolute Gasteiger partial charge is 0.337 e. The number of methoxy groups -OCH3 is 1. The highest BCUT2D eigenvalue weighted by Crippen LogP contribution is 2.20. The number of rotatable bonds is 7. The van der Waals surface area contributed by atoms with Crippen molar-refractivity contribution in [3.05, 3.63) is 57.0 Å². The van der Waals surface area contributed by atoms with Crippen molar-refractivity contribution in [1.82, 2.24) is 18.7 Å². The quantitative estimate of drug-likeness (QED) is 0.580. The van der Waals surface area contributed by atoms with E-state index >= 15 is 0 Å². The number of carbonyl (C=O) groups excluding carboxylic acids is 1. The molecule has 1 aromatic carbocycles. The molecule has 2 heterocycles. The van der Waals surface area contributed by atoms with Crippen LogP contribution in [-0.4, -0.2) is 38.2 Å². The lowest BCUT2D eigenvalue weighted by molar-refractivity contribution is -0.126. The maximum absolute atomic E-state index is 13.3. The van der Waals surface area contributed by atoms with Gasteiger partial charge >= 0.3 is 5.69 Å². The first-order valence-electron chi connectivity index (χ1n) is 10.4. The Labute approximate surface area is 181 Å². The van der Waals surface area contributed by atoms with E-state index in [1.807, 2.05) is 45.0 Å². The normalized spacial score (nSPS) is 12.1. The summed E-state index contributed by atoms with van der Waals surface area (Å²) in [6, 6.07) is 7.62. The van der Waals surface area contributed by atoms with Crippen LogP contribution in [0.5, 0.6) is 0 Å². The van der Waals surface area contributed by atoms with Gasteiger partial charge in [0.2, 0.25) is 0 Å². The molecule has 0 radical (unpaired) electrons. The van der Waals surface area contributed by atoms with Crippen molar-refractivity contribution >= 4 is 16.9 Å². The van der Waals surface area contributed by atoms with Gasteiger partial charge < -0.3 is 9.30 Å². The van der Waals surface area contributed by atoms with Crippen LogP contribution < -0.4 is 11.2 Å². The number of aromatic nitrogens is 4. The van der Waals surface area contributed by atoms with Gasteiger partial charge in [-0.15, -0.1) is 0 Å². The fourth-order valence-electron chi connectivity index (χ4n) is 3.31. The molecule has 3 rings (SSSR count). The number of benzene rings is 1. The zero-order valence-electron chi connectivity index (χ0n) is 19.0. The summed E-state index contributed by atoms with van der Waals surface area (Å²) in [7, 11) is 1.51. The maximum atomic E-state index is 13.3. The first-order valence-corrected chi connectivity index (χ1v) is 10.4. The van der Waals surface area contributed by atoms with Crippen LogP contribution in [0.25, 0.3) is 16.9 Å². The molecule has 0 amide bonds. The van der Waals surface area contributed by atoms with Gasteiger partial charge in [0.05, 0.1) is 31.7 Å². The first-order chi connectivity index (χ1) is 14.6. The van der Waals surface area contributed by atoms with Gasteiger partial charge in [0.25, 0.3) is 5.56 Å². The minimum Gasteiger partial charge on any atom is -0.383 e. The summed E-state index contributed by atoms with van der Waals surface area (Å²) in [5.74, 6) is 0.317. The fraction of sp³-hybridized carbons (Fsp3) is 0.478. The van der Waals surface area contributed by atoms with Crippen molar-refractivity contribution in [1.29, 1.82) is 0 Å². The molecule has 0 spiro atoms. The van der Waals surface area contributed by atoms with Gasteiger partial charge in [-0.25, -0.2) is 14.3 Å². The SMILES string of the molecule is COCCn1c(=O)c2c(ncn2CC(=O)C(C)(C)C)n(-c2ccc(C(C)C)cc2)c1=O. The Hall–Kier alpha value is -3.00. The number of hydrogen-bond acceptors (Lipinski definition) is 5. The standard InChI is InChI=1S/C23H30N4O4/c1-15(2)16-7-9-17(10-8-16)27-20-19(21(29)26(22(27)30)11-12-31-6)25(14-24-20)13-18(28)23(3,4)5/h7-10,14-15H,11-13H2,1-6H3. The van der Waals surface area contributed by atoms with Crippen LogP contribution in [0.4, 0.5) is 0 Å². The van der Waals surface area contributed by atoms with Gasteiger partial charge in [-0.1, -0.05) is 46.8 Å².